The van der Waals surface area contributed by atoms with E-state index in [4.69, 9.17) is 4.74 Å². The fourth-order valence-corrected chi connectivity index (χ4v) is 1.70. The molecule has 2 aromatic carbocycles. The maximum Gasteiger partial charge on any atom is 0.165 e. The Morgan fingerprint density at radius 3 is 2.55 bits per heavy atom. The Morgan fingerprint density at radius 1 is 1.20 bits per heavy atom. The maximum absolute atomic E-state index is 13.7. The van der Waals surface area contributed by atoms with Crippen molar-refractivity contribution in [2.45, 2.75) is 12.5 Å². The molecule has 2 aromatic rings. The number of hydrogen-bond acceptors (Lipinski definition) is 2. The van der Waals surface area contributed by atoms with E-state index in [0.717, 1.165) is 0 Å². The quantitative estimate of drug-likeness (QED) is 0.894. The van der Waals surface area contributed by atoms with Crippen molar-refractivity contribution in [1.29, 1.82) is 0 Å². The fourth-order valence-electron chi connectivity index (χ4n) is 1.70. The Morgan fingerprint density at radius 2 is 1.90 bits per heavy atom. The maximum atomic E-state index is 13.7. The lowest BCUT2D eigenvalue weighted by molar-refractivity contribution is 0.183. The zero-order chi connectivity index (χ0) is 14.5. The molecule has 0 amide bonds. The molecule has 0 aliphatic rings. The second-order valence-electron chi connectivity index (χ2n) is 4.35. The van der Waals surface area contributed by atoms with Crippen LogP contribution >= 0.6 is 0 Å². The van der Waals surface area contributed by atoms with Gasteiger partial charge in [-0.05, 0) is 29.8 Å². The summed E-state index contributed by atoms with van der Waals surface area (Å²) in [6.07, 6.45) is -1.29. The van der Waals surface area contributed by atoms with E-state index in [9.17, 15) is 13.9 Å². The highest BCUT2D eigenvalue weighted by molar-refractivity contribution is 5.35. The van der Waals surface area contributed by atoms with E-state index in [1.807, 2.05) is 6.07 Å². The molecule has 0 fully saturated rings. The summed E-state index contributed by atoms with van der Waals surface area (Å²) in [6, 6.07) is 12.9. The molecule has 0 heterocycles. The second kappa shape index (κ2) is 6.30. The Balaban J connectivity index is 2.19. The molecule has 1 N–H and O–H groups in total. The van der Waals surface area contributed by atoms with E-state index < -0.39 is 17.7 Å². The van der Waals surface area contributed by atoms with Gasteiger partial charge in [0.2, 0.25) is 0 Å². The molecule has 1 atom stereocenters. The molecule has 0 saturated carbocycles. The van der Waals surface area contributed by atoms with Crippen LogP contribution in [0.3, 0.4) is 0 Å². The zero-order valence-corrected chi connectivity index (χ0v) is 10.7. The van der Waals surface area contributed by atoms with Crippen molar-refractivity contribution in [3.8, 4) is 11.5 Å². The average molecular weight is 276 g/mol. The van der Waals surface area contributed by atoms with E-state index in [1.165, 1.54) is 18.2 Å². The number of halogens is 2. The van der Waals surface area contributed by atoms with Gasteiger partial charge in [0.15, 0.2) is 11.6 Å². The molecule has 0 aromatic heterocycles. The van der Waals surface area contributed by atoms with Gasteiger partial charge >= 0.3 is 0 Å². The lowest BCUT2D eigenvalue weighted by atomic mass is 10.1. The van der Waals surface area contributed by atoms with Crippen molar-refractivity contribution >= 4 is 0 Å². The van der Waals surface area contributed by atoms with E-state index in [0.29, 0.717) is 11.3 Å². The first-order valence-corrected chi connectivity index (χ1v) is 6.10. The average Bonchev–Trinajstić information content (AvgIpc) is 2.43. The Hall–Kier alpha value is -2.20. The van der Waals surface area contributed by atoms with Gasteiger partial charge < -0.3 is 9.84 Å². The van der Waals surface area contributed by atoms with E-state index >= 15 is 0 Å². The van der Waals surface area contributed by atoms with E-state index in [1.54, 1.807) is 24.3 Å². The molecule has 0 aliphatic carbocycles. The Kier molecular flexibility index (Phi) is 4.48. The summed E-state index contributed by atoms with van der Waals surface area (Å²) in [4.78, 5) is 0. The summed E-state index contributed by atoms with van der Waals surface area (Å²) in [6.45, 7) is 3.04. The first-order valence-electron chi connectivity index (χ1n) is 6.10. The highest BCUT2D eigenvalue weighted by atomic mass is 19.1. The van der Waals surface area contributed by atoms with Gasteiger partial charge in [-0.2, -0.15) is 0 Å². The number of benzene rings is 2. The summed E-state index contributed by atoms with van der Waals surface area (Å²) in [5.41, 5.74) is 0.559. The van der Waals surface area contributed by atoms with Gasteiger partial charge in [0.1, 0.15) is 17.7 Å². The van der Waals surface area contributed by atoms with Crippen molar-refractivity contribution in [2.75, 3.05) is 0 Å². The van der Waals surface area contributed by atoms with Gasteiger partial charge in [-0.3, -0.25) is 0 Å². The molecule has 0 spiro atoms. The number of aliphatic hydroxyl groups excluding tert-OH is 1. The topological polar surface area (TPSA) is 29.5 Å². The van der Waals surface area contributed by atoms with Crippen molar-refractivity contribution < 1.29 is 18.6 Å². The number of ether oxygens (including phenoxy) is 1. The number of aliphatic hydroxyl groups is 1. The van der Waals surface area contributed by atoms with Crippen molar-refractivity contribution in [3.63, 3.8) is 0 Å². The normalized spacial score (nSPS) is 11.9. The van der Waals surface area contributed by atoms with Crippen molar-refractivity contribution in [3.05, 3.63) is 72.3 Å². The summed E-state index contributed by atoms with van der Waals surface area (Å²) < 4.78 is 31.8. The van der Waals surface area contributed by atoms with Crippen LogP contribution in [-0.2, 0) is 6.42 Å². The molecule has 2 rings (SSSR count). The molecule has 4 heteroatoms. The third kappa shape index (κ3) is 3.65. The van der Waals surface area contributed by atoms with E-state index in [-0.39, 0.29) is 12.2 Å². The van der Waals surface area contributed by atoms with Gasteiger partial charge in [-0.25, -0.2) is 8.78 Å². The predicted molar refractivity (Wildman–Crippen MR) is 72.9 cm³/mol. The monoisotopic (exact) mass is 276 g/mol. The zero-order valence-electron chi connectivity index (χ0n) is 10.7. The highest BCUT2D eigenvalue weighted by Crippen LogP contribution is 2.26. The highest BCUT2D eigenvalue weighted by Gasteiger charge is 2.12. The molecule has 0 aliphatic heterocycles. The van der Waals surface area contributed by atoms with Crippen LogP contribution in [0.5, 0.6) is 11.5 Å². The molecule has 2 nitrogen and oxygen atoms in total. The lowest BCUT2D eigenvalue weighted by Gasteiger charge is -2.11. The first-order chi connectivity index (χ1) is 9.56. The minimum atomic E-state index is -1.30. The van der Waals surface area contributed by atoms with Crippen molar-refractivity contribution in [2.24, 2.45) is 0 Å². The largest absolute Gasteiger partial charge is 0.454 e. The number of para-hydroxylation sites is 1. The van der Waals surface area contributed by atoms with Crippen LogP contribution in [0.2, 0.25) is 0 Å². The van der Waals surface area contributed by atoms with Crippen LogP contribution in [0, 0.1) is 5.82 Å². The van der Waals surface area contributed by atoms with Crippen LogP contribution in [0.25, 0.3) is 0 Å². The molecular weight excluding hydrogens is 262 g/mol. The minimum Gasteiger partial charge on any atom is -0.454 e. The molecule has 104 valence electrons. The fraction of sp³-hybridized carbons (Fsp3) is 0.125. The molecule has 1 unspecified atom stereocenters. The van der Waals surface area contributed by atoms with Crippen LogP contribution in [0.15, 0.2) is 60.9 Å². The molecule has 0 saturated heterocycles. The molecular formula is C16H14F2O2. The van der Waals surface area contributed by atoms with Crippen molar-refractivity contribution in [1.82, 2.24) is 0 Å². The van der Waals surface area contributed by atoms with Gasteiger partial charge in [0, 0.05) is 6.42 Å². The smallest absolute Gasteiger partial charge is 0.165 e. The summed E-state index contributed by atoms with van der Waals surface area (Å²) in [5.74, 6) is -0.810. The Bertz CT molecular complexity index is 597. The second-order valence-corrected chi connectivity index (χ2v) is 4.35. The van der Waals surface area contributed by atoms with Gasteiger partial charge in [-0.1, -0.05) is 30.8 Å². The van der Waals surface area contributed by atoms with Crippen LogP contribution in [0.4, 0.5) is 8.78 Å². The number of hydrogen-bond donors (Lipinski definition) is 1. The van der Waals surface area contributed by atoms with Crippen LogP contribution < -0.4 is 4.74 Å². The van der Waals surface area contributed by atoms with Crippen LogP contribution in [0.1, 0.15) is 5.56 Å². The van der Waals surface area contributed by atoms with Gasteiger partial charge in [-0.15, -0.1) is 0 Å². The first kappa shape index (κ1) is 14.2. The van der Waals surface area contributed by atoms with Gasteiger partial charge in [0.05, 0.1) is 0 Å². The van der Waals surface area contributed by atoms with E-state index in [2.05, 4.69) is 6.58 Å². The SMILES string of the molecule is C=C(F)C(O)Cc1ccc(F)c(Oc2ccccc2)c1. The standard InChI is InChI=1S/C16H14F2O2/c1-11(17)15(19)9-12-7-8-14(18)16(10-12)20-13-5-3-2-4-6-13/h2-8,10,15,19H,1,9H2. The lowest BCUT2D eigenvalue weighted by Crippen LogP contribution is -2.10. The third-order valence-corrected chi connectivity index (χ3v) is 2.76. The molecule has 0 radical (unpaired) electrons. The van der Waals surface area contributed by atoms with Gasteiger partial charge in [0.25, 0.3) is 0 Å². The Labute approximate surface area is 115 Å². The third-order valence-electron chi connectivity index (χ3n) is 2.76. The summed E-state index contributed by atoms with van der Waals surface area (Å²) in [7, 11) is 0. The molecule has 0 bridgehead atoms. The summed E-state index contributed by atoms with van der Waals surface area (Å²) >= 11 is 0. The number of rotatable bonds is 5. The minimum absolute atomic E-state index is 0.0146. The summed E-state index contributed by atoms with van der Waals surface area (Å²) in [5, 5.41) is 9.42. The predicted octanol–water partition coefficient (Wildman–Crippen LogP) is 4.00. The van der Waals surface area contributed by atoms with Crippen LogP contribution in [-0.4, -0.2) is 11.2 Å². The molecule has 20 heavy (non-hydrogen) atoms.